The van der Waals surface area contributed by atoms with Crippen molar-refractivity contribution in [2.24, 2.45) is 5.41 Å². The summed E-state index contributed by atoms with van der Waals surface area (Å²) >= 11 is 1.56. The average molecular weight is 255 g/mol. The van der Waals surface area contributed by atoms with Crippen LogP contribution in [0.25, 0.3) is 0 Å². The third kappa shape index (κ3) is 3.28. The van der Waals surface area contributed by atoms with Crippen molar-refractivity contribution in [1.29, 1.82) is 0 Å². The Morgan fingerprint density at radius 2 is 2.00 bits per heavy atom. The molecule has 96 valence electrons. The summed E-state index contributed by atoms with van der Waals surface area (Å²) in [5.74, 6) is -0.743. The maximum absolute atomic E-state index is 11.2. The zero-order valence-electron chi connectivity index (χ0n) is 11.2. The molecule has 0 saturated heterocycles. The van der Waals surface area contributed by atoms with E-state index in [9.17, 15) is 9.90 Å². The largest absolute Gasteiger partial charge is 0.481 e. The quantitative estimate of drug-likeness (QED) is 0.896. The van der Waals surface area contributed by atoms with Crippen molar-refractivity contribution in [3.63, 3.8) is 0 Å². The first-order valence-corrected chi connectivity index (χ1v) is 6.75. The minimum Gasteiger partial charge on any atom is -0.481 e. The van der Waals surface area contributed by atoms with E-state index in [2.05, 4.69) is 25.8 Å². The lowest BCUT2D eigenvalue weighted by molar-refractivity contribution is -0.148. The second-order valence-electron chi connectivity index (χ2n) is 5.77. The van der Waals surface area contributed by atoms with Crippen LogP contribution in [-0.4, -0.2) is 16.1 Å². The summed E-state index contributed by atoms with van der Waals surface area (Å²) in [6.45, 7) is 10.0. The number of thiazole rings is 1. The van der Waals surface area contributed by atoms with Gasteiger partial charge in [-0.2, -0.15) is 0 Å². The van der Waals surface area contributed by atoms with Gasteiger partial charge in [0.25, 0.3) is 0 Å². The summed E-state index contributed by atoms with van der Waals surface area (Å²) in [6.07, 6.45) is 1.13. The highest BCUT2D eigenvalue weighted by atomic mass is 32.1. The first kappa shape index (κ1) is 14.2. The number of hydrogen-bond donors (Lipinski definition) is 1. The second-order valence-corrected chi connectivity index (χ2v) is 6.72. The Morgan fingerprint density at radius 1 is 1.41 bits per heavy atom. The lowest BCUT2D eigenvalue weighted by Crippen LogP contribution is -2.29. The normalized spacial score (nSPS) is 15.6. The van der Waals surface area contributed by atoms with E-state index in [-0.39, 0.29) is 5.41 Å². The van der Waals surface area contributed by atoms with Gasteiger partial charge >= 0.3 is 5.97 Å². The van der Waals surface area contributed by atoms with Crippen molar-refractivity contribution < 1.29 is 9.90 Å². The second kappa shape index (κ2) is 4.77. The summed E-state index contributed by atoms with van der Waals surface area (Å²) in [5, 5.41) is 12.2. The highest BCUT2D eigenvalue weighted by Crippen LogP contribution is 2.30. The van der Waals surface area contributed by atoms with E-state index in [0.717, 1.165) is 10.7 Å². The van der Waals surface area contributed by atoms with Crippen molar-refractivity contribution in [2.45, 2.75) is 52.9 Å². The summed E-state index contributed by atoms with van der Waals surface area (Å²) in [5.41, 5.74) is 0.370. The predicted octanol–water partition coefficient (Wildman–Crippen LogP) is 3.48. The van der Waals surface area contributed by atoms with Crippen LogP contribution in [0.2, 0.25) is 0 Å². The molecule has 0 saturated carbocycles. The summed E-state index contributed by atoms with van der Waals surface area (Å²) < 4.78 is 0. The van der Waals surface area contributed by atoms with Gasteiger partial charge in [-0.05, 0) is 13.3 Å². The lowest BCUT2D eigenvalue weighted by atomic mass is 9.84. The molecular formula is C13H21NO2S. The van der Waals surface area contributed by atoms with Gasteiger partial charge < -0.3 is 5.11 Å². The van der Waals surface area contributed by atoms with E-state index in [1.54, 1.807) is 18.3 Å². The number of nitrogens with zero attached hydrogens (tertiary/aromatic N) is 1. The van der Waals surface area contributed by atoms with Crippen molar-refractivity contribution in [3.8, 4) is 0 Å². The fourth-order valence-corrected chi connectivity index (χ4v) is 2.63. The van der Waals surface area contributed by atoms with E-state index in [0.29, 0.717) is 12.8 Å². The molecule has 0 spiro atoms. The molecule has 0 bridgehead atoms. The van der Waals surface area contributed by atoms with Crippen molar-refractivity contribution in [3.05, 3.63) is 16.1 Å². The van der Waals surface area contributed by atoms with Gasteiger partial charge in [-0.25, -0.2) is 4.98 Å². The van der Waals surface area contributed by atoms with E-state index in [4.69, 9.17) is 0 Å². The summed E-state index contributed by atoms with van der Waals surface area (Å²) in [6, 6.07) is 0. The Bertz CT molecular complexity index is 406. The molecule has 1 rings (SSSR count). The molecule has 1 aromatic rings. The zero-order chi connectivity index (χ0) is 13.3. The molecule has 1 atom stereocenters. The molecule has 0 amide bonds. The Kier molecular flexibility index (Phi) is 3.97. The number of aromatic nitrogens is 1. The first-order chi connectivity index (χ1) is 7.69. The molecule has 1 unspecified atom stereocenters. The lowest BCUT2D eigenvalue weighted by Gasteiger charge is -2.21. The van der Waals surface area contributed by atoms with Crippen LogP contribution in [0.15, 0.2) is 5.38 Å². The third-order valence-electron chi connectivity index (χ3n) is 3.16. The van der Waals surface area contributed by atoms with Gasteiger partial charge in [0.2, 0.25) is 0 Å². The van der Waals surface area contributed by atoms with Gasteiger partial charge in [-0.3, -0.25) is 4.79 Å². The third-order valence-corrected chi connectivity index (χ3v) is 4.01. The number of aliphatic carboxylic acids is 1. The van der Waals surface area contributed by atoms with Crippen molar-refractivity contribution >= 4 is 17.3 Å². The predicted molar refractivity (Wildman–Crippen MR) is 70.6 cm³/mol. The van der Waals surface area contributed by atoms with Gasteiger partial charge in [0.15, 0.2) is 0 Å². The number of carbonyl (C=O) groups is 1. The van der Waals surface area contributed by atoms with Gasteiger partial charge in [-0.15, -0.1) is 11.3 Å². The van der Waals surface area contributed by atoms with Crippen molar-refractivity contribution in [1.82, 2.24) is 4.98 Å². The Labute approximate surface area is 107 Å². The maximum atomic E-state index is 11.2. The molecular weight excluding hydrogens is 234 g/mol. The van der Waals surface area contributed by atoms with Gasteiger partial charge in [0, 0.05) is 17.2 Å². The molecule has 3 nitrogen and oxygen atoms in total. The smallest absolute Gasteiger partial charge is 0.309 e. The molecule has 1 heterocycles. The molecule has 0 aliphatic heterocycles. The Balaban J connectivity index is 2.89. The highest BCUT2D eigenvalue weighted by molar-refractivity contribution is 7.09. The number of rotatable bonds is 4. The van der Waals surface area contributed by atoms with Crippen LogP contribution in [0.1, 0.15) is 51.7 Å². The van der Waals surface area contributed by atoms with Crippen LogP contribution in [0.4, 0.5) is 0 Å². The summed E-state index contributed by atoms with van der Waals surface area (Å²) in [4.78, 5) is 15.8. The van der Waals surface area contributed by atoms with E-state index in [1.807, 2.05) is 12.3 Å². The van der Waals surface area contributed by atoms with E-state index < -0.39 is 11.4 Å². The van der Waals surface area contributed by atoms with Crippen LogP contribution >= 0.6 is 11.3 Å². The SMILES string of the molecule is CCC(C)(Cc1nc(C(C)(C)C)cs1)C(=O)O. The van der Waals surface area contributed by atoms with Crippen molar-refractivity contribution in [2.75, 3.05) is 0 Å². The minimum absolute atomic E-state index is 0.0284. The van der Waals surface area contributed by atoms with Gasteiger partial charge in [-0.1, -0.05) is 27.7 Å². The monoisotopic (exact) mass is 255 g/mol. The molecule has 17 heavy (non-hydrogen) atoms. The fraction of sp³-hybridized carbons (Fsp3) is 0.692. The Hall–Kier alpha value is -0.900. The van der Waals surface area contributed by atoms with Gasteiger partial charge in [0.05, 0.1) is 16.1 Å². The topological polar surface area (TPSA) is 50.2 Å². The highest BCUT2D eigenvalue weighted by Gasteiger charge is 2.32. The van der Waals surface area contributed by atoms with Crippen LogP contribution in [0.3, 0.4) is 0 Å². The molecule has 4 heteroatoms. The first-order valence-electron chi connectivity index (χ1n) is 5.87. The van der Waals surface area contributed by atoms with E-state index >= 15 is 0 Å². The summed E-state index contributed by atoms with van der Waals surface area (Å²) in [7, 11) is 0. The average Bonchev–Trinajstić information content (AvgIpc) is 2.65. The minimum atomic E-state index is -0.743. The fourth-order valence-electron chi connectivity index (χ4n) is 1.42. The van der Waals surface area contributed by atoms with Crippen LogP contribution in [0.5, 0.6) is 0 Å². The molecule has 0 aliphatic carbocycles. The Morgan fingerprint density at radius 3 is 2.35 bits per heavy atom. The number of carboxylic acid groups (broad SMARTS) is 1. The van der Waals surface area contributed by atoms with Crippen LogP contribution in [0, 0.1) is 5.41 Å². The molecule has 1 N–H and O–H groups in total. The number of carboxylic acids is 1. The zero-order valence-corrected chi connectivity index (χ0v) is 12.0. The molecule has 1 aromatic heterocycles. The van der Waals surface area contributed by atoms with E-state index in [1.165, 1.54) is 0 Å². The molecule has 0 aliphatic rings. The van der Waals surface area contributed by atoms with Gasteiger partial charge in [0.1, 0.15) is 0 Å². The number of hydrogen-bond acceptors (Lipinski definition) is 3. The maximum Gasteiger partial charge on any atom is 0.309 e. The molecule has 0 fully saturated rings. The molecule has 0 aromatic carbocycles. The van der Waals surface area contributed by atoms with Crippen LogP contribution < -0.4 is 0 Å². The standard InChI is InChI=1S/C13H21NO2S/c1-6-13(5,11(15)16)7-10-14-9(8-17-10)12(2,3)4/h8H,6-7H2,1-5H3,(H,15,16). The van der Waals surface area contributed by atoms with Crippen LogP contribution in [-0.2, 0) is 16.6 Å². The molecule has 0 radical (unpaired) electrons.